The lowest BCUT2D eigenvalue weighted by atomic mass is 10.1. The molecule has 0 spiro atoms. The molecule has 0 atom stereocenters. The molecular weight excluding hydrogens is 306 g/mol. The largest absolute Gasteiger partial charge is 0.334 e. The molecule has 1 aliphatic rings. The molecule has 1 aromatic carbocycles. The third-order valence-corrected chi connectivity index (χ3v) is 5.16. The fraction of sp³-hybridized carbons (Fsp3) is 0.333. The van der Waals surface area contributed by atoms with Crippen molar-refractivity contribution in [2.45, 2.75) is 26.3 Å². The summed E-state index contributed by atoms with van der Waals surface area (Å²) in [7, 11) is 0. The predicted molar refractivity (Wildman–Crippen MR) is 92.3 cm³/mol. The lowest BCUT2D eigenvalue weighted by Gasteiger charge is -2.14. The van der Waals surface area contributed by atoms with E-state index in [2.05, 4.69) is 50.9 Å². The van der Waals surface area contributed by atoms with Gasteiger partial charge >= 0.3 is 0 Å². The molecule has 23 heavy (non-hydrogen) atoms. The van der Waals surface area contributed by atoms with Crippen LogP contribution in [0.25, 0.3) is 22.8 Å². The fourth-order valence-corrected chi connectivity index (χ4v) is 3.87. The van der Waals surface area contributed by atoms with Crippen LogP contribution in [0.3, 0.4) is 0 Å². The SMILES string of the molecule is Cc1cscc1-c1noc(-c2cccc(CN3CCCC3)c2)n1. The molecule has 0 amide bonds. The summed E-state index contributed by atoms with van der Waals surface area (Å²) in [5.74, 6) is 1.26. The average Bonchev–Trinajstić information content (AvgIpc) is 3.28. The molecule has 3 heterocycles. The lowest BCUT2D eigenvalue weighted by molar-refractivity contribution is 0.331. The fourth-order valence-electron chi connectivity index (χ4n) is 3.04. The Balaban J connectivity index is 1.58. The van der Waals surface area contributed by atoms with Crippen molar-refractivity contribution < 1.29 is 4.52 Å². The maximum absolute atomic E-state index is 5.48. The molecule has 0 bridgehead atoms. The molecule has 0 N–H and O–H groups in total. The molecule has 2 aromatic heterocycles. The van der Waals surface area contributed by atoms with Gasteiger partial charge in [-0.1, -0.05) is 17.3 Å². The highest BCUT2D eigenvalue weighted by molar-refractivity contribution is 7.08. The van der Waals surface area contributed by atoms with Crippen LogP contribution in [0.4, 0.5) is 0 Å². The summed E-state index contributed by atoms with van der Waals surface area (Å²) < 4.78 is 5.48. The van der Waals surface area contributed by atoms with Crippen LogP contribution in [0, 0.1) is 6.92 Å². The van der Waals surface area contributed by atoms with Crippen molar-refractivity contribution in [2.24, 2.45) is 0 Å². The minimum absolute atomic E-state index is 0.592. The van der Waals surface area contributed by atoms with E-state index in [9.17, 15) is 0 Å². The summed E-state index contributed by atoms with van der Waals surface area (Å²) in [6.45, 7) is 5.47. The summed E-state index contributed by atoms with van der Waals surface area (Å²) in [6.07, 6.45) is 2.62. The Morgan fingerprint density at radius 2 is 2.09 bits per heavy atom. The van der Waals surface area contributed by atoms with Gasteiger partial charge in [-0.2, -0.15) is 16.3 Å². The van der Waals surface area contributed by atoms with E-state index >= 15 is 0 Å². The Hall–Kier alpha value is -1.98. The van der Waals surface area contributed by atoms with Crippen molar-refractivity contribution in [3.63, 3.8) is 0 Å². The first kappa shape index (κ1) is 14.6. The van der Waals surface area contributed by atoms with Gasteiger partial charge in [0.15, 0.2) is 0 Å². The van der Waals surface area contributed by atoms with Gasteiger partial charge in [0, 0.05) is 23.1 Å². The number of hydrogen-bond donors (Lipinski definition) is 0. The first-order valence-electron chi connectivity index (χ1n) is 7.98. The van der Waals surface area contributed by atoms with Crippen LogP contribution in [-0.2, 0) is 6.54 Å². The van der Waals surface area contributed by atoms with Gasteiger partial charge in [-0.3, -0.25) is 4.90 Å². The summed E-state index contributed by atoms with van der Waals surface area (Å²) in [5, 5.41) is 8.30. The number of benzene rings is 1. The quantitative estimate of drug-likeness (QED) is 0.714. The van der Waals surface area contributed by atoms with Crippen LogP contribution in [0.2, 0.25) is 0 Å². The number of likely N-dealkylation sites (tertiary alicyclic amines) is 1. The number of nitrogens with zero attached hydrogens (tertiary/aromatic N) is 3. The van der Waals surface area contributed by atoms with Crippen molar-refractivity contribution in [2.75, 3.05) is 13.1 Å². The molecule has 4 nitrogen and oxygen atoms in total. The molecule has 0 unspecified atom stereocenters. The van der Waals surface area contributed by atoms with Crippen molar-refractivity contribution in [1.29, 1.82) is 0 Å². The molecule has 1 aliphatic heterocycles. The van der Waals surface area contributed by atoms with E-state index in [1.807, 2.05) is 6.07 Å². The third kappa shape index (κ3) is 3.07. The maximum Gasteiger partial charge on any atom is 0.258 e. The number of thiophene rings is 1. The van der Waals surface area contributed by atoms with Crippen LogP contribution in [-0.4, -0.2) is 28.1 Å². The Morgan fingerprint density at radius 3 is 2.87 bits per heavy atom. The zero-order chi connectivity index (χ0) is 15.6. The normalized spacial score (nSPS) is 15.3. The molecule has 0 saturated carbocycles. The van der Waals surface area contributed by atoms with Gasteiger partial charge < -0.3 is 4.52 Å². The van der Waals surface area contributed by atoms with Crippen molar-refractivity contribution in [3.05, 3.63) is 46.2 Å². The zero-order valence-electron chi connectivity index (χ0n) is 13.2. The lowest BCUT2D eigenvalue weighted by Crippen LogP contribution is -2.18. The molecule has 5 heteroatoms. The second kappa shape index (κ2) is 6.26. The number of hydrogen-bond acceptors (Lipinski definition) is 5. The standard InChI is InChI=1S/C18H19N3OS/c1-13-11-23-12-16(13)17-19-18(22-20-17)15-6-4-5-14(9-15)10-21-7-2-3-8-21/h4-6,9,11-12H,2-3,7-8,10H2,1H3. The smallest absolute Gasteiger partial charge is 0.258 e. The van der Waals surface area contributed by atoms with E-state index in [1.54, 1.807) is 11.3 Å². The molecule has 118 valence electrons. The Bertz CT molecular complexity index is 802. The second-order valence-corrected chi connectivity index (χ2v) is 6.82. The van der Waals surface area contributed by atoms with Gasteiger partial charge in [0.1, 0.15) is 0 Å². The molecule has 0 radical (unpaired) electrons. The topological polar surface area (TPSA) is 42.2 Å². The van der Waals surface area contributed by atoms with E-state index in [1.165, 1.54) is 37.1 Å². The molecule has 0 aliphatic carbocycles. The Labute approximate surface area is 139 Å². The number of aryl methyl sites for hydroxylation is 1. The van der Waals surface area contributed by atoms with Gasteiger partial charge in [0.2, 0.25) is 5.82 Å². The van der Waals surface area contributed by atoms with E-state index in [0.717, 1.165) is 17.7 Å². The first-order valence-corrected chi connectivity index (χ1v) is 8.92. The van der Waals surface area contributed by atoms with E-state index in [-0.39, 0.29) is 0 Å². The highest BCUT2D eigenvalue weighted by atomic mass is 32.1. The minimum atomic E-state index is 0.592. The summed E-state index contributed by atoms with van der Waals surface area (Å²) in [4.78, 5) is 7.07. The van der Waals surface area contributed by atoms with Gasteiger partial charge in [-0.05, 0) is 61.5 Å². The van der Waals surface area contributed by atoms with E-state index < -0.39 is 0 Å². The van der Waals surface area contributed by atoms with Crippen LogP contribution < -0.4 is 0 Å². The van der Waals surface area contributed by atoms with E-state index in [4.69, 9.17) is 4.52 Å². The maximum atomic E-state index is 5.48. The molecule has 3 aromatic rings. The Morgan fingerprint density at radius 1 is 1.22 bits per heavy atom. The van der Waals surface area contributed by atoms with Crippen LogP contribution in [0.1, 0.15) is 24.0 Å². The minimum Gasteiger partial charge on any atom is -0.334 e. The molecule has 1 saturated heterocycles. The predicted octanol–water partition coefficient (Wildman–Crippen LogP) is 4.37. The molecular formula is C18H19N3OS. The Kier molecular flexibility index (Phi) is 3.97. The van der Waals surface area contributed by atoms with Crippen LogP contribution >= 0.6 is 11.3 Å². The first-order chi connectivity index (χ1) is 11.3. The monoisotopic (exact) mass is 325 g/mol. The van der Waals surface area contributed by atoms with Crippen molar-refractivity contribution in [3.8, 4) is 22.8 Å². The number of aromatic nitrogens is 2. The van der Waals surface area contributed by atoms with Gasteiger partial charge in [-0.15, -0.1) is 0 Å². The zero-order valence-corrected chi connectivity index (χ0v) is 14.0. The van der Waals surface area contributed by atoms with Crippen LogP contribution in [0.5, 0.6) is 0 Å². The summed E-state index contributed by atoms with van der Waals surface area (Å²) in [5.41, 5.74) is 4.53. The average molecular weight is 325 g/mol. The van der Waals surface area contributed by atoms with Crippen molar-refractivity contribution in [1.82, 2.24) is 15.0 Å². The van der Waals surface area contributed by atoms with Crippen molar-refractivity contribution >= 4 is 11.3 Å². The van der Waals surface area contributed by atoms with E-state index in [0.29, 0.717) is 11.7 Å². The molecule has 1 fully saturated rings. The third-order valence-electron chi connectivity index (χ3n) is 4.30. The van der Waals surface area contributed by atoms with Gasteiger partial charge in [0.25, 0.3) is 5.89 Å². The highest BCUT2D eigenvalue weighted by Crippen LogP contribution is 2.27. The summed E-state index contributed by atoms with van der Waals surface area (Å²) >= 11 is 1.66. The number of rotatable bonds is 4. The van der Waals surface area contributed by atoms with Gasteiger partial charge in [-0.25, -0.2) is 0 Å². The molecule has 4 rings (SSSR count). The second-order valence-electron chi connectivity index (χ2n) is 6.08. The van der Waals surface area contributed by atoms with Gasteiger partial charge in [0.05, 0.1) is 0 Å². The summed E-state index contributed by atoms with van der Waals surface area (Å²) in [6, 6.07) is 8.43. The highest BCUT2D eigenvalue weighted by Gasteiger charge is 2.15. The van der Waals surface area contributed by atoms with Crippen LogP contribution in [0.15, 0.2) is 39.5 Å².